The van der Waals surface area contributed by atoms with Crippen molar-refractivity contribution in [1.82, 2.24) is 14.9 Å². The van der Waals surface area contributed by atoms with Crippen LogP contribution in [0.3, 0.4) is 0 Å². The van der Waals surface area contributed by atoms with Crippen molar-refractivity contribution in [2.45, 2.75) is 12.6 Å². The van der Waals surface area contributed by atoms with Gasteiger partial charge in [0.1, 0.15) is 24.8 Å². The quantitative estimate of drug-likeness (QED) is 0.507. The number of hydrogen-bond acceptors (Lipinski definition) is 6. The van der Waals surface area contributed by atoms with E-state index in [0.717, 1.165) is 10.8 Å². The van der Waals surface area contributed by atoms with Crippen molar-refractivity contribution in [3.05, 3.63) is 34.4 Å². The zero-order valence-corrected chi connectivity index (χ0v) is 13.0. The summed E-state index contributed by atoms with van der Waals surface area (Å²) in [6, 6.07) is 5.69. The zero-order chi connectivity index (χ0) is 16.6. The lowest BCUT2D eigenvalue weighted by atomic mass is 9.95. The maximum atomic E-state index is 12.2. The Morgan fingerprint density at radius 2 is 2.26 bits per heavy atom. The zero-order valence-electron chi connectivity index (χ0n) is 13.0. The fraction of sp³-hybridized carbons (Fsp3) is 0.333. The third-order valence-corrected chi connectivity index (χ3v) is 3.68. The molecule has 2 aromatic heterocycles. The second kappa shape index (κ2) is 6.15. The van der Waals surface area contributed by atoms with E-state index in [1.54, 1.807) is 11.9 Å². The van der Waals surface area contributed by atoms with Gasteiger partial charge in [0.05, 0.1) is 19.3 Å². The fourth-order valence-corrected chi connectivity index (χ4v) is 2.63. The van der Waals surface area contributed by atoms with Gasteiger partial charge in [-0.3, -0.25) is 9.69 Å². The maximum absolute atomic E-state index is 12.2. The van der Waals surface area contributed by atoms with Gasteiger partial charge >= 0.3 is 0 Å². The molecule has 0 saturated carbocycles. The largest absolute Gasteiger partial charge is 0.449 e. The minimum atomic E-state index is -0.826. The number of nitrogens with one attached hydrogen (secondary N) is 1. The van der Waals surface area contributed by atoms with Crippen molar-refractivity contribution in [2.24, 2.45) is 0 Å². The van der Waals surface area contributed by atoms with E-state index in [4.69, 9.17) is 9.52 Å². The van der Waals surface area contributed by atoms with Crippen molar-refractivity contribution >= 4 is 35.4 Å². The van der Waals surface area contributed by atoms with Crippen molar-refractivity contribution in [3.8, 4) is 0 Å². The maximum Gasteiger partial charge on any atom is 0.294 e. The highest BCUT2D eigenvalue weighted by molar-refractivity contribution is 6.33. The van der Waals surface area contributed by atoms with Gasteiger partial charge in [0.2, 0.25) is 5.58 Å². The van der Waals surface area contributed by atoms with Gasteiger partial charge in [-0.25, -0.2) is 4.98 Å². The van der Waals surface area contributed by atoms with E-state index in [1.165, 1.54) is 0 Å². The molecule has 3 aromatic rings. The molecule has 7 nitrogen and oxygen atoms in total. The molecular formula is C15H18BN3O4. The average molecular weight is 315 g/mol. The minimum absolute atomic E-state index is 0.215. The number of aliphatic hydroxyl groups excluding tert-OH is 2. The molecule has 23 heavy (non-hydrogen) atoms. The van der Waals surface area contributed by atoms with Crippen LogP contribution in [-0.4, -0.2) is 59.2 Å². The van der Waals surface area contributed by atoms with Gasteiger partial charge < -0.3 is 19.6 Å². The number of furan rings is 1. The molecule has 0 saturated heterocycles. The molecule has 3 rings (SSSR count). The van der Waals surface area contributed by atoms with Gasteiger partial charge in [0, 0.05) is 11.9 Å². The number of rotatable bonds is 5. The summed E-state index contributed by atoms with van der Waals surface area (Å²) < 4.78 is 5.59. The summed E-state index contributed by atoms with van der Waals surface area (Å²) >= 11 is 0. The second-order valence-electron chi connectivity index (χ2n) is 5.83. The molecular weight excluding hydrogens is 297 g/mol. The number of likely N-dealkylation sites (N-methyl/N-ethyl adjacent to an activating group) is 1. The lowest BCUT2D eigenvalue weighted by molar-refractivity contribution is 0.0642. The molecule has 0 aliphatic rings. The summed E-state index contributed by atoms with van der Waals surface area (Å²) in [5.74, 6) is 0.486. The van der Waals surface area contributed by atoms with E-state index in [0.29, 0.717) is 23.5 Å². The number of aliphatic hydroxyl groups is 2. The second-order valence-corrected chi connectivity index (χ2v) is 5.83. The summed E-state index contributed by atoms with van der Waals surface area (Å²) in [7, 11) is 3.75. The van der Waals surface area contributed by atoms with Crippen LogP contribution in [0.25, 0.3) is 22.1 Å². The van der Waals surface area contributed by atoms with E-state index >= 15 is 0 Å². The molecule has 2 heterocycles. The summed E-state index contributed by atoms with van der Waals surface area (Å²) in [5.41, 5.74) is 2.12. The van der Waals surface area contributed by atoms with Gasteiger partial charge in [-0.1, -0.05) is 17.6 Å². The Morgan fingerprint density at radius 1 is 1.48 bits per heavy atom. The average Bonchev–Trinajstić information content (AvgIpc) is 2.85. The van der Waals surface area contributed by atoms with E-state index < -0.39 is 6.10 Å². The first-order valence-corrected chi connectivity index (χ1v) is 7.37. The molecule has 1 unspecified atom stereocenters. The first-order valence-electron chi connectivity index (χ1n) is 7.37. The van der Waals surface area contributed by atoms with Gasteiger partial charge in [0.25, 0.3) is 5.56 Å². The Morgan fingerprint density at radius 3 is 3.00 bits per heavy atom. The predicted octanol–water partition coefficient (Wildman–Crippen LogP) is -1.29. The highest BCUT2D eigenvalue weighted by atomic mass is 16.3. The smallest absolute Gasteiger partial charge is 0.294 e. The molecule has 0 fully saturated rings. The molecule has 1 atom stereocenters. The number of hydrogen-bond donors (Lipinski definition) is 3. The SMILES string of the molecule is Bc1ccc2oc3c(=O)[nH]c(CN(C)CC(O)CO)nc3c2c1. The number of benzene rings is 1. The fourth-order valence-electron chi connectivity index (χ4n) is 2.63. The number of aromatic nitrogens is 2. The van der Waals surface area contributed by atoms with Crippen LogP contribution in [0.15, 0.2) is 27.4 Å². The van der Waals surface area contributed by atoms with E-state index in [2.05, 4.69) is 9.97 Å². The molecule has 0 bridgehead atoms. The van der Waals surface area contributed by atoms with Gasteiger partial charge in [-0.2, -0.15) is 0 Å². The summed E-state index contributed by atoms with van der Waals surface area (Å²) in [6.45, 7) is 0.323. The van der Waals surface area contributed by atoms with E-state index in [1.807, 2.05) is 26.0 Å². The van der Waals surface area contributed by atoms with Crippen LogP contribution >= 0.6 is 0 Å². The molecule has 0 spiro atoms. The van der Waals surface area contributed by atoms with Crippen LogP contribution in [0.2, 0.25) is 0 Å². The Balaban J connectivity index is 2.01. The molecule has 0 aliphatic carbocycles. The predicted molar refractivity (Wildman–Crippen MR) is 89.7 cm³/mol. The molecule has 0 radical (unpaired) electrons. The molecule has 3 N–H and O–H groups in total. The number of nitrogens with zero attached hydrogens (tertiary/aromatic N) is 2. The molecule has 1 aromatic carbocycles. The van der Waals surface area contributed by atoms with Crippen LogP contribution in [-0.2, 0) is 6.54 Å². The van der Waals surface area contributed by atoms with Crippen LogP contribution < -0.4 is 11.0 Å². The van der Waals surface area contributed by atoms with E-state index in [9.17, 15) is 9.90 Å². The van der Waals surface area contributed by atoms with Crippen molar-refractivity contribution in [2.75, 3.05) is 20.2 Å². The van der Waals surface area contributed by atoms with Crippen molar-refractivity contribution in [1.29, 1.82) is 0 Å². The van der Waals surface area contributed by atoms with Crippen molar-refractivity contribution < 1.29 is 14.6 Å². The summed E-state index contributed by atoms with van der Waals surface area (Å²) in [5, 5.41) is 19.2. The Labute approximate surface area is 133 Å². The van der Waals surface area contributed by atoms with Crippen molar-refractivity contribution in [3.63, 3.8) is 0 Å². The van der Waals surface area contributed by atoms with Crippen LogP contribution in [0, 0.1) is 0 Å². The Bertz CT molecular complexity index is 905. The lowest BCUT2D eigenvalue weighted by Gasteiger charge is -2.18. The highest BCUT2D eigenvalue weighted by Crippen LogP contribution is 2.23. The number of fused-ring (bicyclic) bond motifs is 3. The van der Waals surface area contributed by atoms with E-state index in [-0.39, 0.29) is 24.3 Å². The van der Waals surface area contributed by atoms with Gasteiger partial charge in [0.15, 0.2) is 0 Å². The van der Waals surface area contributed by atoms with Gasteiger partial charge in [-0.05, 0) is 13.1 Å². The first kappa shape index (κ1) is 15.7. The molecule has 8 heteroatoms. The van der Waals surface area contributed by atoms with Crippen LogP contribution in [0.5, 0.6) is 0 Å². The van der Waals surface area contributed by atoms with Crippen LogP contribution in [0.4, 0.5) is 0 Å². The summed E-state index contributed by atoms with van der Waals surface area (Å²) in [6.07, 6.45) is -0.826. The van der Waals surface area contributed by atoms with Gasteiger partial charge in [-0.15, -0.1) is 0 Å². The third kappa shape index (κ3) is 3.14. The number of aromatic amines is 1. The Kier molecular flexibility index (Phi) is 4.21. The normalized spacial score (nSPS) is 13.2. The van der Waals surface area contributed by atoms with Crippen LogP contribution in [0.1, 0.15) is 5.82 Å². The first-order chi connectivity index (χ1) is 11.0. The minimum Gasteiger partial charge on any atom is -0.449 e. The number of H-pyrrole nitrogens is 1. The monoisotopic (exact) mass is 315 g/mol. The highest BCUT2D eigenvalue weighted by Gasteiger charge is 2.15. The molecule has 120 valence electrons. The summed E-state index contributed by atoms with van der Waals surface area (Å²) in [4.78, 5) is 21.2. The standard InChI is InChI=1S/C15H18BN3O4/c1-19(5-9(21)7-20)6-12-17-13-10-4-8(16)2-3-11(10)23-14(13)15(22)18-12/h2-4,9,20-21H,5-7,16H2,1H3,(H,17,18,22). The Hall–Kier alpha value is -2.16. The topological polar surface area (TPSA) is 103 Å². The third-order valence-electron chi connectivity index (χ3n) is 3.68. The molecule has 0 amide bonds. The molecule has 0 aliphatic heterocycles. The lowest BCUT2D eigenvalue weighted by Crippen LogP contribution is -2.32.